The number of hydrogen-bond acceptors (Lipinski definition) is 10. The number of carbonyl (C=O) groups is 1. The molecule has 229 valence electrons. The first-order chi connectivity index (χ1) is 18.2. The summed E-state index contributed by atoms with van der Waals surface area (Å²) >= 11 is 2.15. The van der Waals surface area contributed by atoms with Crippen molar-refractivity contribution >= 4 is 40.8 Å². The monoisotopic (exact) mass is 713 g/mol. The fourth-order valence-corrected chi connectivity index (χ4v) is 1.59. The first kappa shape index (κ1) is 57.2. The first-order valence-corrected chi connectivity index (χ1v) is 13.5. The van der Waals surface area contributed by atoms with Crippen LogP contribution in [0.15, 0.2) is 83.5 Å². The topological polar surface area (TPSA) is 167 Å². The van der Waals surface area contributed by atoms with Gasteiger partial charge in [0.15, 0.2) is 6.29 Å². The second kappa shape index (κ2) is 56.5. The third-order valence-corrected chi connectivity index (χ3v) is 2.87. The van der Waals surface area contributed by atoms with E-state index in [2.05, 4.69) is 53.8 Å². The van der Waals surface area contributed by atoms with Crippen LogP contribution >= 0.6 is 22.6 Å². The summed E-state index contributed by atoms with van der Waals surface area (Å²) in [6, 6.07) is 16.0. The van der Waals surface area contributed by atoms with Gasteiger partial charge >= 0.3 is 0 Å². The summed E-state index contributed by atoms with van der Waals surface area (Å²) in [6.45, 7) is 13.7. The quantitative estimate of drug-likeness (QED) is 0.0533. The van der Waals surface area contributed by atoms with Crippen molar-refractivity contribution in [2.45, 2.75) is 63.3 Å². The molecule has 0 saturated carbocycles. The molecule has 3 heterocycles. The Labute approximate surface area is 268 Å². The van der Waals surface area contributed by atoms with E-state index in [0.717, 1.165) is 6.29 Å². The van der Waals surface area contributed by atoms with Gasteiger partial charge in [-0.2, -0.15) is 0 Å². The molecule has 0 aliphatic carbocycles. The molecule has 0 unspecified atom stereocenters. The zero-order valence-corrected chi connectivity index (χ0v) is 27.0. The minimum Gasteiger partial charge on any atom is -0.411 e. The number of oxime groups is 2. The third kappa shape index (κ3) is 39.8. The molecule has 0 fully saturated rings. The summed E-state index contributed by atoms with van der Waals surface area (Å²) in [5.41, 5.74) is 2.36. The molecule has 5 N–H and O–H groups in total. The molecular weight excluding hydrogens is 662 g/mol. The van der Waals surface area contributed by atoms with E-state index in [1.165, 1.54) is 6.21 Å². The van der Waals surface area contributed by atoms with Crippen molar-refractivity contribution in [2.75, 3.05) is 4.93 Å². The summed E-state index contributed by atoms with van der Waals surface area (Å²) in [7, 11) is 0. The van der Waals surface area contributed by atoms with E-state index in [1.54, 1.807) is 61.9 Å². The van der Waals surface area contributed by atoms with Crippen molar-refractivity contribution in [3.05, 3.63) is 90.3 Å². The maximum atomic E-state index is 9.94. The first-order valence-electron chi connectivity index (χ1n) is 11.4. The molecule has 0 aliphatic heterocycles. The van der Waals surface area contributed by atoms with E-state index in [0.29, 0.717) is 22.8 Å². The summed E-state index contributed by atoms with van der Waals surface area (Å²) in [4.78, 5) is 23.5. The van der Waals surface area contributed by atoms with Crippen LogP contribution in [0, 0.1) is 0 Å². The molecule has 0 saturated heterocycles. The van der Waals surface area contributed by atoms with Crippen LogP contribution < -0.4 is 5.90 Å². The van der Waals surface area contributed by atoms with Crippen LogP contribution in [-0.4, -0.2) is 53.7 Å². The number of pyridine rings is 3. The number of nitrogens with two attached hydrogens (primary N) is 1. The Balaban J connectivity index is -0.0000000536. The van der Waals surface area contributed by atoms with Gasteiger partial charge < -0.3 is 15.6 Å². The van der Waals surface area contributed by atoms with Crippen LogP contribution in [0.25, 0.3) is 0 Å². The maximum absolute atomic E-state index is 9.94. The molecule has 0 aromatic carbocycles. The van der Waals surface area contributed by atoms with E-state index >= 15 is 0 Å². The minimum absolute atomic E-state index is 0. The number of hydrogen-bond donors (Lipinski definition) is 4. The van der Waals surface area contributed by atoms with Crippen LogP contribution in [0.4, 0.5) is 0 Å². The number of halogens is 1. The largest absolute Gasteiger partial charge is 0.411 e. The Morgan fingerprint density at radius 2 is 1.12 bits per heavy atom. The molecule has 40 heavy (non-hydrogen) atoms. The molecule has 3 rings (SSSR count). The second-order valence-electron chi connectivity index (χ2n) is 4.77. The van der Waals surface area contributed by atoms with Crippen molar-refractivity contribution in [3.8, 4) is 0 Å². The number of nitrogens with zero attached hydrogens (tertiary/aromatic N) is 5. The van der Waals surface area contributed by atoms with Crippen LogP contribution in [0.2, 0.25) is 0 Å². The van der Waals surface area contributed by atoms with Crippen LogP contribution in [0.1, 0.15) is 85.2 Å². The van der Waals surface area contributed by atoms with E-state index in [-0.39, 0.29) is 33.4 Å². The number of carbonyl (C=O) groups excluding carboxylic acids is 1. The molecule has 0 atom stereocenters. The number of rotatable bonds is 3. The van der Waals surface area contributed by atoms with Gasteiger partial charge in [0.1, 0.15) is 11.4 Å². The minimum atomic E-state index is 0. The normalized spacial score (nSPS) is 7.62. The van der Waals surface area contributed by atoms with Crippen molar-refractivity contribution in [3.63, 3.8) is 0 Å². The average Bonchev–Trinajstić information content (AvgIpc) is 3.04. The van der Waals surface area contributed by atoms with E-state index < -0.39 is 0 Å². The zero-order valence-electron chi connectivity index (χ0n) is 23.5. The van der Waals surface area contributed by atoms with E-state index in [9.17, 15) is 4.79 Å². The van der Waals surface area contributed by atoms with Gasteiger partial charge in [-0.05, 0) is 48.3 Å². The van der Waals surface area contributed by atoms with Gasteiger partial charge in [0.2, 0.25) is 0 Å². The molecule has 1 radical (unpaired) electrons. The maximum Gasteiger partial charge on any atom is 0.168 e. The van der Waals surface area contributed by atoms with Crippen LogP contribution in [0.3, 0.4) is 0 Å². The molecule has 3 aromatic heterocycles. The van der Waals surface area contributed by atoms with Gasteiger partial charge in [0, 0.05) is 37.1 Å². The Bertz CT molecular complexity index is 849. The molecule has 12 heteroatoms. The summed E-state index contributed by atoms with van der Waals surface area (Å²) < 4.78 is 0. The fourth-order valence-electron chi connectivity index (χ4n) is 1.59. The number of alkyl halides is 1. The smallest absolute Gasteiger partial charge is 0.168 e. The molecule has 10 nitrogen and oxygen atoms in total. The summed E-state index contributed by atoms with van der Waals surface area (Å²) in [5, 5.41) is 28.7. The van der Waals surface area contributed by atoms with Gasteiger partial charge in [-0.15, -0.1) is 0 Å². The Morgan fingerprint density at radius 3 is 1.38 bits per heavy atom. The van der Waals surface area contributed by atoms with Gasteiger partial charge in [-0.1, -0.05) is 107 Å². The second-order valence-corrected chi connectivity index (χ2v) is 4.77. The molecular formula is C28H51IN6O4V. The van der Waals surface area contributed by atoms with Crippen molar-refractivity contribution < 1.29 is 39.0 Å². The summed E-state index contributed by atoms with van der Waals surface area (Å²) in [6.07, 6.45) is 6.88. The average molecular weight is 714 g/mol. The number of aromatic nitrogens is 3. The molecule has 0 spiro atoms. The Kier molecular flexibility index (Phi) is 80.8. The van der Waals surface area contributed by atoms with Crippen molar-refractivity contribution in [1.29, 1.82) is 0 Å². The van der Waals surface area contributed by atoms with Crippen molar-refractivity contribution in [2.24, 2.45) is 16.2 Å². The van der Waals surface area contributed by atoms with Crippen LogP contribution in [-0.2, 0) is 18.6 Å². The van der Waals surface area contributed by atoms with Gasteiger partial charge in [0.05, 0.1) is 17.6 Å². The summed E-state index contributed by atoms with van der Waals surface area (Å²) in [5.74, 6) is 3.50. The van der Waals surface area contributed by atoms with E-state index in [1.807, 2.05) is 64.7 Å². The van der Waals surface area contributed by atoms with Gasteiger partial charge in [-0.25, -0.2) is 5.90 Å². The van der Waals surface area contributed by atoms with Gasteiger partial charge in [0.25, 0.3) is 0 Å². The standard InChI is InChI=1S/C7H8N2O.C6H6N2O.C6H5NO.3C2H6.CH3I.2CH4.H3NO.V/c1-6(9-10)7-4-2-3-5-8-7;9-8-5-6-3-1-2-4-7-6;8-5-6-3-1-2-4-7-6;4*1-2;;;1-2;/h2-5,10H,1H3;1-5,9H;1-5H;3*1-2H3;1H3;2*1H4;2H,1H2;. The third-order valence-electron chi connectivity index (χ3n) is 2.87. The molecule has 3 aromatic rings. The predicted molar refractivity (Wildman–Crippen MR) is 175 cm³/mol. The zero-order chi connectivity index (χ0) is 29.7. The predicted octanol–water partition coefficient (Wildman–Crippen LogP) is 7.80. The van der Waals surface area contributed by atoms with Gasteiger partial charge in [-0.3, -0.25) is 19.7 Å². The van der Waals surface area contributed by atoms with Crippen molar-refractivity contribution in [1.82, 2.24) is 15.0 Å². The molecule has 0 amide bonds. The SMILES string of the molecule is C.C.CC.CC.CC.CC(=NO)c1ccccn1.CI.NO.O=Cc1ccccn1.ON=Cc1ccccn1.[V]. The Hall–Kier alpha value is -2.71. The van der Waals surface area contributed by atoms with Crippen LogP contribution in [0.5, 0.6) is 0 Å². The molecule has 0 aliphatic rings. The number of aldehydes is 1. The fraction of sp³-hybridized carbons (Fsp3) is 0.357. The Morgan fingerprint density at radius 1 is 0.750 bits per heavy atom. The molecule has 0 bridgehead atoms. The van der Waals surface area contributed by atoms with E-state index in [4.69, 9.17) is 15.6 Å².